The molecule has 2 aromatic carbocycles. The highest BCUT2D eigenvalue weighted by Gasteiger charge is 2.16. The molecule has 0 fully saturated rings. The summed E-state index contributed by atoms with van der Waals surface area (Å²) in [5.74, 6) is -0.779. The van der Waals surface area contributed by atoms with Crippen LogP contribution in [0.3, 0.4) is 0 Å². The molecule has 24 heavy (non-hydrogen) atoms. The predicted molar refractivity (Wildman–Crippen MR) is 92.5 cm³/mol. The summed E-state index contributed by atoms with van der Waals surface area (Å²) in [7, 11) is -3.36. The standard InChI is InChI=1S/C17H17ClO5S/c1-3-24(21,22)13-6-4-11(2)14(9-13)15-8-12(18)5-7-16(15)23-10-17(19)20/h4-9H,3,10H2,1-2H3,(H,19,20). The highest BCUT2D eigenvalue weighted by molar-refractivity contribution is 7.91. The van der Waals surface area contributed by atoms with Crippen LogP contribution in [0.1, 0.15) is 12.5 Å². The number of rotatable bonds is 6. The second-order valence-electron chi connectivity index (χ2n) is 5.20. The van der Waals surface area contributed by atoms with Crippen molar-refractivity contribution in [3.63, 3.8) is 0 Å². The van der Waals surface area contributed by atoms with Gasteiger partial charge in [0, 0.05) is 10.6 Å². The van der Waals surface area contributed by atoms with Gasteiger partial charge in [-0.25, -0.2) is 13.2 Å². The van der Waals surface area contributed by atoms with Crippen LogP contribution in [-0.2, 0) is 14.6 Å². The Balaban J connectivity index is 2.60. The Morgan fingerprint density at radius 2 is 1.88 bits per heavy atom. The Bertz CT molecular complexity index is 875. The monoisotopic (exact) mass is 368 g/mol. The molecular formula is C17H17ClO5S. The van der Waals surface area contributed by atoms with Crippen molar-refractivity contribution in [2.75, 3.05) is 12.4 Å². The maximum absolute atomic E-state index is 12.1. The number of carboxylic acid groups (broad SMARTS) is 1. The lowest BCUT2D eigenvalue weighted by molar-refractivity contribution is -0.139. The van der Waals surface area contributed by atoms with E-state index in [0.717, 1.165) is 5.56 Å². The van der Waals surface area contributed by atoms with Crippen LogP contribution < -0.4 is 4.74 Å². The molecule has 5 nitrogen and oxygen atoms in total. The quantitative estimate of drug-likeness (QED) is 0.842. The van der Waals surface area contributed by atoms with E-state index in [4.69, 9.17) is 21.4 Å². The molecule has 0 aliphatic heterocycles. The van der Waals surface area contributed by atoms with Crippen LogP contribution in [0.2, 0.25) is 5.02 Å². The molecule has 2 rings (SSSR count). The second kappa shape index (κ2) is 7.23. The maximum Gasteiger partial charge on any atom is 0.341 e. The third-order valence-electron chi connectivity index (χ3n) is 3.53. The number of hydrogen-bond acceptors (Lipinski definition) is 4. The van der Waals surface area contributed by atoms with Gasteiger partial charge in [0.05, 0.1) is 10.6 Å². The number of benzene rings is 2. The minimum atomic E-state index is -3.36. The van der Waals surface area contributed by atoms with Crippen LogP contribution in [0.4, 0.5) is 0 Å². The number of carboxylic acids is 1. The molecule has 128 valence electrons. The van der Waals surface area contributed by atoms with Crippen LogP contribution in [0.5, 0.6) is 5.75 Å². The molecule has 7 heteroatoms. The highest BCUT2D eigenvalue weighted by Crippen LogP contribution is 2.36. The molecule has 0 atom stereocenters. The van der Waals surface area contributed by atoms with Crippen molar-refractivity contribution in [2.45, 2.75) is 18.7 Å². The lowest BCUT2D eigenvalue weighted by Gasteiger charge is -2.14. The fraction of sp³-hybridized carbons (Fsp3) is 0.235. The molecule has 0 radical (unpaired) electrons. The van der Waals surface area contributed by atoms with Gasteiger partial charge in [0.25, 0.3) is 0 Å². The van der Waals surface area contributed by atoms with Gasteiger partial charge in [-0.2, -0.15) is 0 Å². The van der Waals surface area contributed by atoms with E-state index in [1.165, 1.54) is 0 Å². The summed E-state index contributed by atoms with van der Waals surface area (Å²) in [5, 5.41) is 9.24. The van der Waals surface area contributed by atoms with Crippen LogP contribution in [0, 0.1) is 6.92 Å². The summed E-state index contributed by atoms with van der Waals surface area (Å²) >= 11 is 6.05. The zero-order valence-corrected chi connectivity index (χ0v) is 14.8. The van der Waals surface area contributed by atoms with E-state index in [9.17, 15) is 13.2 Å². The van der Waals surface area contributed by atoms with Crippen molar-refractivity contribution < 1.29 is 23.1 Å². The molecule has 0 saturated heterocycles. The van der Waals surface area contributed by atoms with Crippen molar-refractivity contribution in [3.05, 3.63) is 47.0 Å². The lowest BCUT2D eigenvalue weighted by atomic mass is 10.00. The summed E-state index contributed by atoms with van der Waals surface area (Å²) < 4.78 is 29.6. The summed E-state index contributed by atoms with van der Waals surface area (Å²) in [5.41, 5.74) is 2.01. The zero-order valence-electron chi connectivity index (χ0n) is 13.2. The van der Waals surface area contributed by atoms with Gasteiger partial charge in [-0.1, -0.05) is 24.6 Å². The minimum Gasteiger partial charge on any atom is -0.481 e. The van der Waals surface area contributed by atoms with Gasteiger partial charge in [0.15, 0.2) is 16.4 Å². The van der Waals surface area contributed by atoms with Gasteiger partial charge < -0.3 is 9.84 Å². The molecular weight excluding hydrogens is 352 g/mol. The average molecular weight is 369 g/mol. The second-order valence-corrected chi connectivity index (χ2v) is 7.92. The van der Waals surface area contributed by atoms with E-state index in [1.54, 1.807) is 43.3 Å². The first-order valence-electron chi connectivity index (χ1n) is 7.22. The molecule has 0 aliphatic rings. The first kappa shape index (κ1) is 18.3. The predicted octanol–water partition coefficient (Wildman–Crippen LogP) is 3.57. The fourth-order valence-electron chi connectivity index (χ4n) is 2.23. The fourth-order valence-corrected chi connectivity index (χ4v) is 3.31. The summed E-state index contributed by atoms with van der Waals surface area (Å²) in [6, 6.07) is 9.61. The molecule has 0 bridgehead atoms. The molecule has 2 aromatic rings. The Morgan fingerprint density at radius 1 is 1.17 bits per heavy atom. The van der Waals surface area contributed by atoms with Crippen LogP contribution in [0.15, 0.2) is 41.3 Å². The van der Waals surface area contributed by atoms with E-state index in [1.807, 2.05) is 6.92 Å². The van der Waals surface area contributed by atoms with E-state index in [0.29, 0.717) is 21.9 Å². The van der Waals surface area contributed by atoms with Crippen molar-refractivity contribution in [3.8, 4) is 16.9 Å². The molecule has 0 heterocycles. The number of aryl methyl sites for hydroxylation is 1. The molecule has 0 saturated carbocycles. The molecule has 0 aliphatic carbocycles. The van der Waals surface area contributed by atoms with Gasteiger partial charge >= 0.3 is 5.97 Å². The van der Waals surface area contributed by atoms with E-state index >= 15 is 0 Å². The Hall–Kier alpha value is -2.05. The number of hydrogen-bond donors (Lipinski definition) is 1. The number of sulfone groups is 1. The number of ether oxygens (including phenoxy) is 1. The van der Waals surface area contributed by atoms with Crippen LogP contribution in [-0.4, -0.2) is 31.9 Å². The maximum atomic E-state index is 12.1. The third-order valence-corrected chi connectivity index (χ3v) is 5.50. The van der Waals surface area contributed by atoms with Crippen molar-refractivity contribution >= 4 is 27.4 Å². The molecule has 0 unspecified atom stereocenters. The van der Waals surface area contributed by atoms with Gasteiger partial charge in [-0.3, -0.25) is 0 Å². The SMILES string of the molecule is CCS(=O)(=O)c1ccc(C)c(-c2cc(Cl)ccc2OCC(=O)O)c1. The summed E-state index contributed by atoms with van der Waals surface area (Å²) in [6.45, 7) is 2.91. The Labute approximate surface area is 145 Å². The van der Waals surface area contributed by atoms with Crippen LogP contribution in [0.25, 0.3) is 11.1 Å². The number of halogens is 1. The van der Waals surface area contributed by atoms with Crippen molar-refractivity contribution in [2.24, 2.45) is 0 Å². The molecule has 1 N–H and O–H groups in total. The van der Waals surface area contributed by atoms with E-state index in [-0.39, 0.29) is 10.6 Å². The average Bonchev–Trinajstić information content (AvgIpc) is 2.53. The Morgan fingerprint density at radius 3 is 2.50 bits per heavy atom. The van der Waals surface area contributed by atoms with Crippen molar-refractivity contribution in [1.29, 1.82) is 0 Å². The van der Waals surface area contributed by atoms with E-state index in [2.05, 4.69) is 0 Å². The number of carbonyl (C=O) groups is 1. The van der Waals surface area contributed by atoms with Gasteiger partial charge in [0.2, 0.25) is 0 Å². The van der Waals surface area contributed by atoms with Crippen molar-refractivity contribution in [1.82, 2.24) is 0 Å². The Kier molecular flexibility index (Phi) is 5.51. The minimum absolute atomic E-state index is 0.00653. The molecule has 0 amide bonds. The third kappa shape index (κ3) is 4.07. The largest absolute Gasteiger partial charge is 0.481 e. The first-order chi connectivity index (χ1) is 11.2. The van der Waals surface area contributed by atoms with Gasteiger partial charge in [-0.05, 0) is 48.4 Å². The first-order valence-corrected chi connectivity index (χ1v) is 9.25. The van der Waals surface area contributed by atoms with E-state index < -0.39 is 22.4 Å². The number of aliphatic carboxylic acids is 1. The lowest BCUT2D eigenvalue weighted by Crippen LogP contribution is -2.10. The summed E-state index contributed by atoms with van der Waals surface area (Å²) in [6.07, 6.45) is 0. The smallest absolute Gasteiger partial charge is 0.341 e. The van der Waals surface area contributed by atoms with Gasteiger partial charge in [0.1, 0.15) is 5.75 Å². The van der Waals surface area contributed by atoms with Gasteiger partial charge in [-0.15, -0.1) is 0 Å². The van der Waals surface area contributed by atoms with Crippen LogP contribution >= 0.6 is 11.6 Å². The summed E-state index contributed by atoms with van der Waals surface area (Å²) in [4.78, 5) is 11.0. The normalized spacial score (nSPS) is 11.3. The zero-order chi connectivity index (χ0) is 17.9. The highest BCUT2D eigenvalue weighted by atomic mass is 35.5. The topological polar surface area (TPSA) is 80.7 Å². The molecule has 0 spiro atoms. The molecule has 0 aromatic heterocycles.